The summed E-state index contributed by atoms with van der Waals surface area (Å²) in [6.45, 7) is 4.56. The molecule has 0 radical (unpaired) electrons. The van der Waals surface area contributed by atoms with Crippen LogP contribution in [-0.2, 0) is 12.7 Å². The summed E-state index contributed by atoms with van der Waals surface area (Å²) in [6.07, 6.45) is -2.39. The lowest BCUT2D eigenvalue weighted by Crippen LogP contribution is -2.04. The molecule has 1 heterocycles. The summed E-state index contributed by atoms with van der Waals surface area (Å²) in [5.41, 5.74) is 1.15. The van der Waals surface area contributed by atoms with Gasteiger partial charge in [-0.15, -0.1) is 0 Å². The first-order valence-corrected chi connectivity index (χ1v) is 5.10. The zero-order valence-electron chi connectivity index (χ0n) is 9.10. The minimum Gasteiger partial charge on any atom is -0.347 e. The molecule has 4 heteroatoms. The number of hydrogen-bond acceptors (Lipinski definition) is 0. The molecule has 0 amide bonds. The Hall–Kier alpha value is -1.45. The molecule has 0 fully saturated rings. The highest BCUT2D eigenvalue weighted by molar-refractivity contribution is 5.84. The molecule has 0 saturated heterocycles. The number of fused-ring (bicyclic) bond motifs is 1. The second-order valence-electron chi connectivity index (χ2n) is 3.83. The number of rotatable bonds is 1. The van der Waals surface area contributed by atoms with Crippen LogP contribution in [0.2, 0.25) is 0 Å². The first-order chi connectivity index (χ1) is 7.43. The first-order valence-electron chi connectivity index (χ1n) is 5.10. The zero-order chi connectivity index (χ0) is 11.9. The number of nitrogens with zero attached hydrogens (tertiary/aromatic N) is 1. The van der Waals surface area contributed by atoms with E-state index in [1.165, 1.54) is 12.1 Å². The predicted molar refractivity (Wildman–Crippen MR) is 57.4 cm³/mol. The third kappa shape index (κ3) is 1.68. The molecule has 1 nitrogen and oxygen atoms in total. The highest BCUT2D eigenvalue weighted by Gasteiger charge is 2.30. The van der Waals surface area contributed by atoms with Crippen LogP contribution in [0.5, 0.6) is 0 Å². The molecular formula is C12H12F3N. The van der Waals surface area contributed by atoms with Crippen LogP contribution in [0.25, 0.3) is 10.9 Å². The van der Waals surface area contributed by atoms with E-state index in [-0.39, 0.29) is 0 Å². The highest BCUT2D eigenvalue weighted by Crippen LogP contribution is 2.32. The van der Waals surface area contributed by atoms with Crippen LogP contribution in [0.3, 0.4) is 0 Å². The monoisotopic (exact) mass is 227 g/mol. The molecule has 2 rings (SSSR count). The Balaban J connectivity index is 2.67. The average molecular weight is 227 g/mol. The maximum absolute atomic E-state index is 12.5. The normalized spacial score (nSPS) is 12.3. The molecule has 1 aromatic heterocycles. The van der Waals surface area contributed by atoms with E-state index in [0.29, 0.717) is 5.39 Å². The number of halogens is 3. The molecule has 0 aliphatic rings. The second kappa shape index (κ2) is 3.54. The van der Waals surface area contributed by atoms with Crippen molar-refractivity contribution < 1.29 is 13.2 Å². The fourth-order valence-corrected chi connectivity index (χ4v) is 1.91. The summed E-state index contributed by atoms with van der Waals surface area (Å²) in [5, 5.41) is 0.677. The first kappa shape index (κ1) is 11.0. The van der Waals surface area contributed by atoms with E-state index in [2.05, 4.69) is 0 Å². The van der Waals surface area contributed by atoms with Crippen LogP contribution in [0, 0.1) is 6.92 Å². The number of aromatic nitrogens is 1. The van der Waals surface area contributed by atoms with Gasteiger partial charge in [0.05, 0.1) is 5.56 Å². The summed E-state index contributed by atoms with van der Waals surface area (Å²) in [4.78, 5) is 0. The summed E-state index contributed by atoms with van der Waals surface area (Å²) in [6, 6.07) is 3.89. The van der Waals surface area contributed by atoms with Crippen molar-refractivity contribution in [1.29, 1.82) is 0 Å². The summed E-state index contributed by atoms with van der Waals surface area (Å²) < 4.78 is 39.5. The summed E-state index contributed by atoms with van der Waals surface area (Å²) >= 11 is 0. The van der Waals surface area contributed by atoms with Gasteiger partial charge >= 0.3 is 6.18 Å². The van der Waals surface area contributed by atoms with Crippen molar-refractivity contribution in [3.63, 3.8) is 0 Å². The Morgan fingerprint density at radius 1 is 1.25 bits per heavy atom. The molecule has 1 aromatic carbocycles. The molecule has 0 unspecified atom stereocenters. The zero-order valence-corrected chi connectivity index (χ0v) is 9.10. The van der Waals surface area contributed by atoms with E-state index in [1.807, 2.05) is 24.6 Å². The maximum atomic E-state index is 12.5. The highest BCUT2D eigenvalue weighted by atomic mass is 19.4. The molecule has 16 heavy (non-hydrogen) atoms. The Morgan fingerprint density at radius 3 is 2.50 bits per heavy atom. The van der Waals surface area contributed by atoms with Crippen molar-refractivity contribution in [2.24, 2.45) is 0 Å². The third-order valence-electron chi connectivity index (χ3n) is 2.75. The fourth-order valence-electron chi connectivity index (χ4n) is 1.91. The smallest absolute Gasteiger partial charge is 0.347 e. The van der Waals surface area contributed by atoms with Gasteiger partial charge in [0.15, 0.2) is 0 Å². The largest absolute Gasteiger partial charge is 0.416 e. The van der Waals surface area contributed by atoms with Crippen LogP contribution in [0.4, 0.5) is 13.2 Å². The Bertz CT molecular complexity index is 523. The topological polar surface area (TPSA) is 4.93 Å². The van der Waals surface area contributed by atoms with Gasteiger partial charge in [0.1, 0.15) is 0 Å². The van der Waals surface area contributed by atoms with Crippen molar-refractivity contribution in [2.45, 2.75) is 26.6 Å². The standard InChI is InChI=1S/C12H12F3N/c1-3-16-7-8(2)10-6-9(12(13,14)15)4-5-11(10)16/h4-7H,3H2,1-2H3. The maximum Gasteiger partial charge on any atom is 0.416 e. The lowest BCUT2D eigenvalue weighted by Gasteiger charge is -2.07. The van der Waals surface area contributed by atoms with Gasteiger partial charge in [-0.1, -0.05) is 0 Å². The minimum absolute atomic E-state index is 0.586. The molecule has 0 spiro atoms. The van der Waals surface area contributed by atoms with Gasteiger partial charge in [0, 0.05) is 23.6 Å². The van der Waals surface area contributed by atoms with E-state index in [0.717, 1.165) is 23.7 Å². The SMILES string of the molecule is CCn1cc(C)c2cc(C(F)(F)F)ccc21. The van der Waals surface area contributed by atoms with Gasteiger partial charge in [0.25, 0.3) is 0 Å². The lowest BCUT2D eigenvalue weighted by atomic mass is 10.1. The van der Waals surface area contributed by atoms with Crippen molar-refractivity contribution in [3.05, 3.63) is 35.5 Å². The Labute approximate surface area is 91.5 Å². The quantitative estimate of drug-likeness (QED) is 0.694. The Morgan fingerprint density at radius 2 is 1.94 bits per heavy atom. The fraction of sp³-hybridized carbons (Fsp3) is 0.333. The van der Waals surface area contributed by atoms with Crippen LogP contribution < -0.4 is 0 Å². The van der Waals surface area contributed by atoms with Crippen molar-refractivity contribution in [2.75, 3.05) is 0 Å². The van der Waals surface area contributed by atoms with E-state index in [9.17, 15) is 13.2 Å². The molecule has 0 N–H and O–H groups in total. The van der Waals surface area contributed by atoms with Gasteiger partial charge in [-0.25, -0.2) is 0 Å². The number of aryl methyl sites for hydroxylation is 2. The van der Waals surface area contributed by atoms with Crippen LogP contribution in [0.15, 0.2) is 24.4 Å². The molecule has 0 aliphatic heterocycles. The Kier molecular flexibility index (Phi) is 2.45. The second-order valence-corrected chi connectivity index (χ2v) is 3.83. The van der Waals surface area contributed by atoms with Gasteiger partial charge < -0.3 is 4.57 Å². The third-order valence-corrected chi connectivity index (χ3v) is 2.75. The van der Waals surface area contributed by atoms with Crippen molar-refractivity contribution in [3.8, 4) is 0 Å². The molecular weight excluding hydrogens is 215 g/mol. The predicted octanol–water partition coefficient (Wildman–Crippen LogP) is 3.99. The molecule has 86 valence electrons. The molecule has 0 atom stereocenters. The summed E-state index contributed by atoms with van der Waals surface area (Å²) in [7, 11) is 0. The molecule has 0 aliphatic carbocycles. The van der Waals surface area contributed by atoms with E-state index < -0.39 is 11.7 Å². The number of benzene rings is 1. The number of alkyl halides is 3. The van der Waals surface area contributed by atoms with Gasteiger partial charge in [-0.3, -0.25) is 0 Å². The van der Waals surface area contributed by atoms with E-state index in [1.54, 1.807) is 0 Å². The summed E-state index contributed by atoms with van der Waals surface area (Å²) in [5.74, 6) is 0. The van der Waals surface area contributed by atoms with E-state index in [4.69, 9.17) is 0 Å². The minimum atomic E-state index is -4.27. The number of hydrogen-bond donors (Lipinski definition) is 0. The van der Waals surface area contributed by atoms with Crippen molar-refractivity contribution >= 4 is 10.9 Å². The molecule has 0 bridgehead atoms. The van der Waals surface area contributed by atoms with Gasteiger partial charge in [-0.2, -0.15) is 13.2 Å². The van der Waals surface area contributed by atoms with Crippen LogP contribution >= 0.6 is 0 Å². The van der Waals surface area contributed by atoms with Gasteiger partial charge in [0.2, 0.25) is 0 Å². The lowest BCUT2D eigenvalue weighted by molar-refractivity contribution is -0.137. The van der Waals surface area contributed by atoms with Crippen LogP contribution in [-0.4, -0.2) is 4.57 Å². The van der Waals surface area contributed by atoms with Crippen molar-refractivity contribution in [1.82, 2.24) is 4.57 Å². The van der Waals surface area contributed by atoms with Crippen LogP contribution in [0.1, 0.15) is 18.1 Å². The average Bonchev–Trinajstić information content (AvgIpc) is 2.54. The van der Waals surface area contributed by atoms with Gasteiger partial charge in [-0.05, 0) is 37.6 Å². The van der Waals surface area contributed by atoms with E-state index >= 15 is 0 Å². The molecule has 2 aromatic rings. The molecule has 0 saturated carbocycles.